The Bertz CT molecular complexity index is 825. The van der Waals surface area contributed by atoms with Crippen LogP contribution in [0.1, 0.15) is 12.5 Å². The van der Waals surface area contributed by atoms with Crippen molar-refractivity contribution < 1.29 is 4.39 Å². The Labute approximate surface area is 116 Å². The zero-order valence-electron chi connectivity index (χ0n) is 11.1. The quantitative estimate of drug-likeness (QED) is 0.677. The van der Waals surface area contributed by atoms with Crippen LogP contribution in [-0.2, 0) is 6.54 Å². The molecule has 3 rings (SSSR count). The number of aromatic nitrogens is 1. The third-order valence-electron chi connectivity index (χ3n) is 3.53. The monoisotopic (exact) mass is 264 g/mol. The maximum atomic E-state index is 14.1. The highest BCUT2D eigenvalue weighted by Crippen LogP contribution is 2.34. The fourth-order valence-corrected chi connectivity index (χ4v) is 2.68. The number of fused-ring (bicyclic) bond motifs is 1. The van der Waals surface area contributed by atoms with E-state index < -0.39 is 0 Å². The lowest BCUT2D eigenvalue weighted by Gasteiger charge is -2.09. The number of nitrogens with zero attached hydrogens (tertiary/aromatic N) is 2. The number of halogens is 1. The molecule has 0 radical (unpaired) electrons. The zero-order valence-corrected chi connectivity index (χ0v) is 11.1. The van der Waals surface area contributed by atoms with Gasteiger partial charge in [0, 0.05) is 23.0 Å². The molecular formula is C17H13FN2. The van der Waals surface area contributed by atoms with Crippen LogP contribution in [0.5, 0.6) is 0 Å². The Balaban J connectivity index is 2.47. The molecule has 3 aromatic rings. The van der Waals surface area contributed by atoms with Crippen molar-refractivity contribution >= 4 is 10.9 Å². The minimum atomic E-state index is -0.304. The van der Waals surface area contributed by atoms with Crippen LogP contribution in [0, 0.1) is 17.1 Å². The van der Waals surface area contributed by atoms with Gasteiger partial charge in [-0.1, -0.05) is 30.3 Å². The van der Waals surface area contributed by atoms with E-state index >= 15 is 0 Å². The molecule has 2 nitrogen and oxygen atoms in total. The summed E-state index contributed by atoms with van der Waals surface area (Å²) in [5.41, 5.74) is 2.63. The van der Waals surface area contributed by atoms with Gasteiger partial charge in [0.2, 0.25) is 0 Å². The van der Waals surface area contributed by atoms with Crippen molar-refractivity contribution in [1.29, 1.82) is 5.26 Å². The van der Waals surface area contributed by atoms with Crippen LogP contribution >= 0.6 is 0 Å². The van der Waals surface area contributed by atoms with Crippen molar-refractivity contribution in [2.45, 2.75) is 13.5 Å². The van der Waals surface area contributed by atoms with Crippen molar-refractivity contribution in [3.05, 3.63) is 59.9 Å². The molecule has 98 valence electrons. The van der Waals surface area contributed by atoms with E-state index in [1.54, 1.807) is 18.2 Å². The van der Waals surface area contributed by atoms with Gasteiger partial charge >= 0.3 is 0 Å². The molecule has 0 bridgehead atoms. The van der Waals surface area contributed by atoms with Gasteiger partial charge in [0.05, 0.1) is 11.3 Å². The molecule has 0 aliphatic carbocycles. The molecule has 0 aliphatic rings. The van der Waals surface area contributed by atoms with Crippen LogP contribution in [0.4, 0.5) is 4.39 Å². The predicted molar refractivity (Wildman–Crippen MR) is 77.7 cm³/mol. The summed E-state index contributed by atoms with van der Waals surface area (Å²) < 4.78 is 16.1. The van der Waals surface area contributed by atoms with Crippen LogP contribution in [0.3, 0.4) is 0 Å². The van der Waals surface area contributed by atoms with E-state index in [2.05, 4.69) is 6.07 Å². The summed E-state index contributed by atoms with van der Waals surface area (Å²) in [5, 5.41) is 10.4. The summed E-state index contributed by atoms with van der Waals surface area (Å²) in [6.07, 6.45) is 0. The van der Waals surface area contributed by atoms with Crippen molar-refractivity contribution in [3.8, 4) is 17.3 Å². The molecule has 0 saturated heterocycles. The second-order valence-corrected chi connectivity index (χ2v) is 4.58. The molecule has 0 aliphatic heterocycles. The minimum Gasteiger partial charge on any atom is -0.340 e. The van der Waals surface area contributed by atoms with Crippen molar-refractivity contribution in [2.75, 3.05) is 0 Å². The molecule has 1 aromatic heterocycles. The molecule has 3 heteroatoms. The van der Waals surface area contributed by atoms with Crippen LogP contribution in [0.25, 0.3) is 22.2 Å². The molecule has 0 atom stereocenters. The van der Waals surface area contributed by atoms with Crippen LogP contribution in [0.2, 0.25) is 0 Å². The van der Waals surface area contributed by atoms with E-state index in [1.165, 1.54) is 6.07 Å². The third-order valence-corrected chi connectivity index (χ3v) is 3.53. The number of rotatable bonds is 2. The van der Waals surface area contributed by atoms with Crippen LogP contribution in [-0.4, -0.2) is 4.57 Å². The smallest absolute Gasteiger partial charge is 0.132 e. The highest BCUT2D eigenvalue weighted by atomic mass is 19.1. The summed E-state index contributed by atoms with van der Waals surface area (Å²) in [6.45, 7) is 2.68. The van der Waals surface area contributed by atoms with E-state index in [0.29, 0.717) is 23.4 Å². The topological polar surface area (TPSA) is 28.7 Å². The zero-order chi connectivity index (χ0) is 14.1. The molecule has 2 aromatic carbocycles. The Morgan fingerprint density at radius 3 is 2.50 bits per heavy atom. The predicted octanol–water partition coefficient (Wildman–Crippen LogP) is 4.34. The highest BCUT2D eigenvalue weighted by Gasteiger charge is 2.19. The van der Waals surface area contributed by atoms with Crippen molar-refractivity contribution in [3.63, 3.8) is 0 Å². The van der Waals surface area contributed by atoms with Gasteiger partial charge < -0.3 is 4.57 Å². The number of benzene rings is 2. The summed E-state index contributed by atoms with van der Waals surface area (Å²) >= 11 is 0. The van der Waals surface area contributed by atoms with Gasteiger partial charge in [-0.2, -0.15) is 5.26 Å². The van der Waals surface area contributed by atoms with E-state index in [1.807, 2.05) is 35.8 Å². The van der Waals surface area contributed by atoms with Gasteiger partial charge in [-0.15, -0.1) is 0 Å². The van der Waals surface area contributed by atoms with Gasteiger partial charge in [0.15, 0.2) is 0 Å². The first-order chi connectivity index (χ1) is 9.77. The largest absolute Gasteiger partial charge is 0.340 e. The second kappa shape index (κ2) is 4.82. The molecule has 0 saturated carbocycles. The number of hydrogen-bond acceptors (Lipinski definition) is 1. The summed E-state index contributed by atoms with van der Waals surface area (Å²) in [7, 11) is 0. The van der Waals surface area contributed by atoms with Crippen molar-refractivity contribution in [2.24, 2.45) is 0 Å². The number of hydrogen-bond donors (Lipinski definition) is 0. The van der Waals surface area contributed by atoms with E-state index in [9.17, 15) is 9.65 Å². The lowest BCUT2D eigenvalue weighted by atomic mass is 10.1. The lowest BCUT2D eigenvalue weighted by molar-refractivity contribution is 0.628. The first kappa shape index (κ1) is 12.4. The average molecular weight is 264 g/mol. The molecule has 0 amide bonds. The molecule has 0 spiro atoms. The Morgan fingerprint density at radius 2 is 1.80 bits per heavy atom. The fourth-order valence-electron chi connectivity index (χ4n) is 2.68. The Morgan fingerprint density at radius 1 is 1.10 bits per heavy atom. The summed E-state index contributed by atoms with van der Waals surface area (Å²) in [4.78, 5) is 0. The Kier molecular flexibility index (Phi) is 3.00. The highest BCUT2D eigenvalue weighted by molar-refractivity contribution is 5.94. The molecular weight excluding hydrogens is 251 g/mol. The molecule has 0 fully saturated rings. The molecule has 1 heterocycles. The van der Waals surface area contributed by atoms with Gasteiger partial charge in [0.25, 0.3) is 0 Å². The summed E-state index contributed by atoms with van der Waals surface area (Å²) in [6, 6.07) is 16.5. The first-order valence-electron chi connectivity index (χ1n) is 6.54. The molecule has 0 N–H and O–H groups in total. The van der Waals surface area contributed by atoms with Crippen molar-refractivity contribution in [1.82, 2.24) is 4.57 Å². The number of nitriles is 1. The molecule has 20 heavy (non-hydrogen) atoms. The standard InChI is InChI=1S/C17H13FN2/c1-2-20-16-10-6-4-7-12(16)14(11-19)17(20)13-8-3-5-9-15(13)18/h3-10H,2H2,1H3. The maximum absolute atomic E-state index is 14.1. The molecule has 0 unspecified atom stereocenters. The maximum Gasteiger partial charge on any atom is 0.132 e. The average Bonchev–Trinajstić information content (AvgIpc) is 2.81. The van der Waals surface area contributed by atoms with Gasteiger partial charge in [-0.05, 0) is 25.1 Å². The van der Waals surface area contributed by atoms with Gasteiger partial charge in [0.1, 0.15) is 11.9 Å². The van der Waals surface area contributed by atoms with Crippen LogP contribution < -0.4 is 0 Å². The second-order valence-electron chi connectivity index (χ2n) is 4.58. The first-order valence-corrected chi connectivity index (χ1v) is 6.54. The Hall–Kier alpha value is -2.60. The van der Waals surface area contributed by atoms with E-state index in [4.69, 9.17) is 0 Å². The van der Waals surface area contributed by atoms with Gasteiger partial charge in [-0.3, -0.25) is 0 Å². The lowest BCUT2D eigenvalue weighted by Crippen LogP contribution is -1.99. The summed E-state index contributed by atoms with van der Waals surface area (Å²) in [5.74, 6) is -0.304. The fraction of sp³-hybridized carbons (Fsp3) is 0.118. The van der Waals surface area contributed by atoms with E-state index in [-0.39, 0.29) is 5.82 Å². The number of aryl methyl sites for hydroxylation is 1. The van der Waals surface area contributed by atoms with Crippen LogP contribution in [0.15, 0.2) is 48.5 Å². The van der Waals surface area contributed by atoms with E-state index in [0.717, 1.165) is 10.9 Å². The van der Waals surface area contributed by atoms with Gasteiger partial charge in [-0.25, -0.2) is 4.39 Å². The minimum absolute atomic E-state index is 0.304. The number of para-hydroxylation sites is 1. The SMILES string of the molecule is CCn1c(-c2ccccc2F)c(C#N)c2ccccc21. The third kappa shape index (κ3) is 1.70. The normalized spacial score (nSPS) is 10.7.